The first kappa shape index (κ1) is 22.5. The molecule has 32 heavy (non-hydrogen) atoms. The van der Waals surface area contributed by atoms with Gasteiger partial charge in [0, 0.05) is 47.6 Å². The van der Waals surface area contributed by atoms with E-state index in [9.17, 15) is 13.2 Å². The average molecular weight is 488 g/mol. The van der Waals surface area contributed by atoms with Gasteiger partial charge in [-0.2, -0.15) is 0 Å². The number of rotatable bonds is 9. The summed E-state index contributed by atoms with van der Waals surface area (Å²) >= 11 is 7.62. The molecule has 0 aliphatic heterocycles. The molecule has 2 aromatic heterocycles. The number of fused-ring (bicyclic) bond motifs is 1. The van der Waals surface area contributed by atoms with Crippen LogP contribution in [-0.4, -0.2) is 32.4 Å². The summed E-state index contributed by atoms with van der Waals surface area (Å²) in [4.78, 5) is 15.8. The molecule has 0 spiro atoms. The van der Waals surface area contributed by atoms with Crippen molar-refractivity contribution in [1.29, 1.82) is 0 Å². The molecule has 4 rings (SSSR count). The van der Waals surface area contributed by atoms with Gasteiger partial charge in [-0.3, -0.25) is 4.79 Å². The smallest absolute Gasteiger partial charge is 0.250 e. The van der Waals surface area contributed by atoms with E-state index in [1.54, 1.807) is 11.4 Å². The standard InChI is InChI=1S/C23H22ClN3O3S2/c24-20-8-3-1-6-16(20)18(19-14-25-21-9-4-2-7-17(19)21)15-26-22(28)11-12-27-32(29,30)23-10-5-13-31-23/h1-10,13-14,18,25,27H,11-12,15H2,(H,26,28). The Morgan fingerprint density at radius 2 is 1.81 bits per heavy atom. The molecule has 3 N–H and O–H groups in total. The van der Waals surface area contributed by atoms with Gasteiger partial charge in [-0.15, -0.1) is 11.3 Å². The van der Waals surface area contributed by atoms with E-state index in [1.165, 1.54) is 6.07 Å². The molecule has 2 aromatic carbocycles. The molecule has 0 aliphatic rings. The highest BCUT2D eigenvalue weighted by molar-refractivity contribution is 7.91. The third-order valence-corrected chi connectivity index (χ3v) is 8.39. The van der Waals surface area contributed by atoms with Gasteiger partial charge in [0.2, 0.25) is 15.9 Å². The third-order valence-electron chi connectivity index (χ3n) is 5.18. The van der Waals surface area contributed by atoms with Crippen molar-refractivity contribution < 1.29 is 13.2 Å². The number of benzene rings is 2. The lowest BCUT2D eigenvalue weighted by Crippen LogP contribution is -2.33. The van der Waals surface area contributed by atoms with E-state index < -0.39 is 10.0 Å². The fourth-order valence-electron chi connectivity index (χ4n) is 3.62. The highest BCUT2D eigenvalue weighted by atomic mass is 35.5. The van der Waals surface area contributed by atoms with Crippen LogP contribution in [0, 0.1) is 0 Å². The highest BCUT2D eigenvalue weighted by Crippen LogP contribution is 2.34. The maximum atomic E-state index is 12.5. The number of carbonyl (C=O) groups is 1. The van der Waals surface area contributed by atoms with Crippen molar-refractivity contribution >= 4 is 49.8 Å². The van der Waals surface area contributed by atoms with Crippen LogP contribution < -0.4 is 10.0 Å². The first-order valence-electron chi connectivity index (χ1n) is 10.1. The zero-order chi connectivity index (χ0) is 22.6. The van der Waals surface area contributed by atoms with E-state index in [4.69, 9.17) is 11.6 Å². The summed E-state index contributed by atoms with van der Waals surface area (Å²) in [5.41, 5.74) is 2.96. The monoisotopic (exact) mass is 487 g/mol. The summed E-state index contributed by atoms with van der Waals surface area (Å²) in [6, 6.07) is 18.8. The summed E-state index contributed by atoms with van der Waals surface area (Å²) in [5.74, 6) is -0.401. The van der Waals surface area contributed by atoms with Gasteiger partial charge in [0.05, 0.1) is 0 Å². The predicted molar refractivity (Wildman–Crippen MR) is 129 cm³/mol. The largest absolute Gasteiger partial charge is 0.361 e. The average Bonchev–Trinajstić information content (AvgIpc) is 3.46. The molecule has 2 heterocycles. The number of halogens is 1. The Morgan fingerprint density at radius 3 is 2.59 bits per heavy atom. The highest BCUT2D eigenvalue weighted by Gasteiger charge is 2.21. The van der Waals surface area contributed by atoms with Crippen molar-refractivity contribution in [3.05, 3.63) is 88.4 Å². The van der Waals surface area contributed by atoms with Crippen LogP contribution in [0.5, 0.6) is 0 Å². The maximum absolute atomic E-state index is 12.5. The molecule has 0 fully saturated rings. The van der Waals surface area contributed by atoms with Gasteiger partial charge in [-0.1, -0.05) is 54.1 Å². The van der Waals surface area contributed by atoms with Gasteiger partial charge in [0.1, 0.15) is 4.21 Å². The van der Waals surface area contributed by atoms with E-state index in [-0.39, 0.29) is 29.0 Å². The summed E-state index contributed by atoms with van der Waals surface area (Å²) in [6.45, 7) is 0.359. The number of aromatic nitrogens is 1. The van der Waals surface area contributed by atoms with E-state index in [0.29, 0.717) is 11.6 Å². The van der Waals surface area contributed by atoms with Crippen LogP contribution in [0.15, 0.2) is 76.4 Å². The first-order chi connectivity index (χ1) is 15.5. The lowest BCUT2D eigenvalue weighted by Gasteiger charge is -2.19. The third kappa shape index (κ3) is 5.05. The zero-order valence-corrected chi connectivity index (χ0v) is 19.4. The van der Waals surface area contributed by atoms with Crippen LogP contribution in [0.3, 0.4) is 0 Å². The molecule has 0 bridgehead atoms. The number of sulfonamides is 1. The Bertz CT molecular complexity index is 1320. The molecule has 0 saturated carbocycles. The van der Waals surface area contributed by atoms with Gasteiger partial charge in [-0.25, -0.2) is 13.1 Å². The van der Waals surface area contributed by atoms with E-state index in [0.717, 1.165) is 33.4 Å². The topological polar surface area (TPSA) is 91.1 Å². The number of thiophene rings is 1. The maximum Gasteiger partial charge on any atom is 0.250 e. The molecule has 166 valence electrons. The summed E-state index contributed by atoms with van der Waals surface area (Å²) < 4.78 is 27.1. The Morgan fingerprint density at radius 1 is 1.03 bits per heavy atom. The number of hydrogen-bond acceptors (Lipinski definition) is 4. The van der Waals surface area contributed by atoms with Crippen molar-refractivity contribution in [2.75, 3.05) is 13.1 Å². The molecule has 0 radical (unpaired) electrons. The lowest BCUT2D eigenvalue weighted by atomic mass is 9.90. The molecule has 0 aliphatic carbocycles. The molecule has 1 unspecified atom stereocenters. The number of carbonyl (C=O) groups excluding carboxylic acids is 1. The second-order valence-electron chi connectivity index (χ2n) is 7.25. The van der Waals surface area contributed by atoms with Crippen LogP contribution in [0.1, 0.15) is 23.5 Å². The van der Waals surface area contributed by atoms with Crippen LogP contribution >= 0.6 is 22.9 Å². The van der Waals surface area contributed by atoms with Gasteiger partial charge in [0.15, 0.2) is 0 Å². The number of hydrogen-bond donors (Lipinski definition) is 3. The molecule has 9 heteroatoms. The van der Waals surface area contributed by atoms with Crippen LogP contribution in [0.4, 0.5) is 0 Å². The van der Waals surface area contributed by atoms with Crippen molar-refractivity contribution in [3.8, 4) is 0 Å². The number of H-pyrrole nitrogens is 1. The van der Waals surface area contributed by atoms with Gasteiger partial charge >= 0.3 is 0 Å². The van der Waals surface area contributed by atoms with Crippen molar-refractivity contribution in [3.63, 3.8) is 0 Å². The molecule has 1 atom stereocenters. The summed E-state index contributed by atoms with van der Waals surface area (Å²) in [6.07, 6.45) is 1.98. The SMILES string of the molecule is O=C(CCNS(=O)(=O)c1cccs1)NCC(c1ccccc1Cl)c1c[nH]c2ccccc12. The molecular weight excluding hydrogens is 466 g/mol. The van der Waals surface area contributed by atoms with E-state index in [2.05, 4.69) is 15.0 Å². The predicted octanol–water partition coefficient (Wildman–Crippen LogP) is 4.50. The van der Waals surface area contributed by atoms with Crippen molar-refractivity contribution in [1.82, 2.24) is 15.0 Å². The minimum atomic E-state index is -3.59. The van der Waals surface area contributed by atoms with Crippen LogP contribution in [0.25, 0.3) is 10.9 Å². The molecule has 1 amide bonds. The van der Waals surface area contributed by atoms with Crippen molar-refractivity contribution in [2.24, 2.45) is 0 Å². The summed E-state index contributed by atoms with van der Waals surface area (Å²) in [7, 11) is -3.59. The van der Waals surface area contributed by atoms with E-state index >= 15 is 0 Å². The van der Waals surface area contributed by atoms with Gasteiger partial charge < -0.3 is 10.3 Å². The quantitative estimate of drug-likeness (QED) is 0.324. The lowest BCUT2D eigenvalue weighted by molar-refractivity contribution is -0.120. The van der Waals surface area contributed by atoms with E-state index in [1.807, 2.05) is 54.7 Å². The molecule has 6 nitrogen and oxygen atoms in total. The van der Waals surface area contributed by atoms with Crippen LogP contribution in [-0.2, 0) is 14.8 Å². The molecular formula is C23H22ClN3O3S2. The second-order valence-corrected chi connectivity index (χ2v) is 10.6. The number of amides is 1. The Hall–Kier alpha value is -2.65. The Kier molecular flexibility index (Phi) is 6.95. The number of aromatic amines is 1. The zero-order valence-electron chi connectivity index (χ0n) is 17.0. The Labute approximate surface area is 195 Å². The second kappa shape index (κ2) is 9.87. The first-order valence-corrected chi connectivity index (χ1v) is 12.8. The minimum Gasteiger partial charge on any atom is -0.361 e. The van der Waals surface area contributed by atoms with Crippen molar-refractivity contribution in [2.45, 2.75) is 16.5 Å². The molecule has 4 aromatic rings. The van der Waals surface area contributed by atoms with Gasteiger partial charge in [0.25, 0.3) is 0 Å². The Balaban J connectivity index is 1.45. The number of para-hydroxylation sites is 1. The fraction of sp³-hybridized carbons (Fsp3) is 0.174. The normalized spacial score (nSPS) is 12.7. The number of nitrogens with one attached hydrogen (secondary N) is 3. The minimum absolute atomic E-state index is 0.0237. The fourth-order valence-corrected chi connectivity index (χ4v) is 5.95. The van der Waals surface area contributed by atoms with Crippen LogP contribution in [0.2, 0.25) is 5.02 Å². The summed E-state index contributed by atoms with van der Waals surface area (Å²) in [5, 5.41) is 6.32. The van der Waals surface area contributed by atoms with Gasteiger partial charge in [-0.05, 0) is 34.7 Å². The molecule has 0 saturated heterocycles.